The Labute approximate surface area is 179 Å². The van der Waals surface area contributed by atoms with E-state index in [1.54, 1.807) is 18.3 Å². The highest BCUT2D eigenvalue weighted by molar-refractivity contribution is 7.93. The average molecular weight is 443 g/mol. The first-order valence-corrected chi connectivity index (χ1v) is 12.5. The maximum Gasteiger partial charge on any atom is 0.252 e. The van der Waals surface area contributed by atoms with Crippen LogP contribution in [0, 0.1) is 0 Å². The van der Waals surface area contributed by atoms with Gasteiger partial charge in [0.25, 0.3) is 5.91 Å². The summed E-state index contributed by atoms with van der Waals surface area (Å²) >= 11 is 1.26. The molecule has 9 heteroatoms. The predicted octanol–water partition coefficient (Wildman–Crippen LogP) is 3.79. The molecule has 2 aliphatic carbocycles. The number of benzene rings is 1. The minimum Gasteiger partial charge on any atom is -0.341 e. The van der Waals surface area contributed by atoms with Crippen molar-refractivity contribution in [1.29, 1.82) is 0 Å². The quantitative estimate of drug-likeness (QED) is 0.605. The van der Waals surface area contributed by atoms with Crippen molar-refractivity contribution in [2.45, 2.75) is 49.3 Å². The molecule has 2 aromatic heterocycles. The normalized spacial score (nSPS) is 18.4. The van der Waals surface area contributed by atoms with Crippen LogP contribution < -0.4 is 10.0 Å². The van der Waals surface area contributed by atoms with Crippen LogP contribution in [-0.4, -0.2) is 29.5 Å². The highest BCUT2D eigenvalue weighted by atomic mass is 32.2. The second-order valence-electron chi connectivity index (χ2n) is 8.04. The summed E-state index contributed by atoms with van der Waals surface area (Å²) in [6.45, 7) is 0. The maximum atomic E-state index is 12.9. The van der Waals surface area contributed by atoms with E-state index in [-0.39, 0.29) is 11.2 Å². The minimum atomic E-state index is -3.41. The number of pyridine rings is 1. The second kappa shape index (κ2) is 7.31. The third-order valence-electron chi connectivity index (χ3n) is 5.94. The van der Waals surface area contributed by atoms with Crippen LogP contribution in [0.4, 0.5) is 5.13 Å². The van der Waals surface area contributed by atoms with E-state index in [2.05, 4.69) is 20.0 Å². The Bertz CT molecular complexity index is 1210. The standard InChI is InChI=1S/C21H22N4O3S2/c26-19(15-8-7-14-4-3-11-22-17(14)12-15)24-21(9-10-21)18-13-29-20(23-18)25-30(27,28)16-5-1-2-6-16/h3-4,7-8,11-13,16H,1-2,5-6,9-10H2,(H,23,25)(H,24,26). The second-order valence-corrected chi connectivity index (χ2v) is 10.9. The summed E-state index contributed by atoms with van der Waals surface area (Å²) in [5, 5.41) is 5.95. The lowest BCUT2D eigenvalue weighted by Gasteiger charge is -2.15. The fraction of sp³-hybridized carbons (Fsp3) is 0.381. The summed E-state index contributed by atoms with van der Waals surface area (Å²) in [7, 11) is -3.41. The van der Waals surface area contributed by atoms with Crippen molar-refractivity contribution in [1.82, 2.24) is 15.3 Å². The molecule has 2 aliphatic rings. The number of carbonyl (C=O) groups is 1. The fourth-order valence-electron chi connectivity index (χ4n) is 4.01. The van der Waals surface area contributed by atoms with E-state index in [1.165, 1.54) is 11.3 Å². The zero-order valence-electron chi connectivity index (χ0n) is 16.3. The summed E-state index contributed by atoms with van der Waals surface area (Å²) in [5.41, 5.74) is 1.50. The third-order valence-corrected chi connectivity index (χ3v) is 8.65. The van der Waals surface area contributed by atoms with Crippen LogP contribution in [0.15, 0.2) is 41.9 Å². The molecule has 0 unspecified atom stereocenters. The predicted molar refractivity (Wildman–Crippen MR) is 117 cm³/mol. The molecule has 5 rings (SSSR count). The van der Waals surface area contributed by atoms with Crippen LogP contribution in [0.2, 0.25) is 0 Å². The molecule has 0 radical (unpaired) electrons. The molecule has 3 aromatic rings. The van der Waals surface area contributed by atoms with Crippen molar-refractivity contribution < 1.29 is 13.2 Å². The van der Waals surface area contributed by atoms with Crippen molar-refractivity contribution in [2.75, 3.05) is 4.72 Å². The Morgan fingerprint density at radius 2 is 1.97 bits per heavy atom. The van der Waals surface area contributed by atoms with Gasteiger partial charge in [0.05, 0.1) is 22.0 Å². The summed E-state index contributed by atoms with van der Waals surface area (Å²) < 4.78 is 27.7. The first-order valence-electron chi connectivity index (χ1n) is 10.1. The highest BCUT2D eigenvalue weighted by Crippen LogP contribution is 2.46. The topological polar surface area (TPSA) is 101 Å². The SMILES string of the molecule is O=C(NC1(c2csc(NS(=O)(=O)C3CCCC3)n2)CC1)c1ccc2cccnc2c1. The Hall–Kier alpha value is -2.52. The van der Waals surface area contributed by atoms with Gasteiger partial charge in [0, 0.05) is 22.5 Å². The molecule has 7 nitrogen and oxygen atoms in total. The zero-order valence-corrected chi connectivity index (χ0v) is 17.9. The van der Waals surface area contributed by atoms with Crippen LogP contribution in [-0.2, 0) is 15.6 Å². The molecule has 2 fully saturated rings. The molecule has 0 spiro atoms. The van der Waals surface area contributed by atoms with Crippen molar-refractivity contribution in [3.63, 3.8) is 0 Å². The van der Waals surface area contributed by atoms with E-state index in [9.17, 15) is 13.2 Å². The molecule has 0 aliphatic heterocycles. The van der Waals surface area contributed by atoms with Crippen LogP contribution in [0.3, 0.4) is 0 Å². The van der Waals surface area contributed by atoms with Gasteiger partial charge in [-0.3, -0.25) is 14.5 Å². The fourth-order valence-corrected chi connectivity index (χ4v) is 6.61. The minimum absolute atomic E-state index is 0.180. The zero-order chi connectivity index (χ0) is 20.8. The number of nitrogens with one attached hydrogen (secondary N) is 2. The van der Waals surface area contributed by atoms with Crippen molar-refractivity contribution in [2.24, 2.45) is 0 Å². The van der Waals surface area contributed by atoms with Gasteiger partial charge >= 0.3 is 0 Å². The average Bonchev–Trinajstić information content (AvgIpc) is 3.12. The summed E-state index contributed by atoms with van der Waals surface area (Å²) in [6.07, 6.45) is 6.58. The molecule has 1 amide bonds. The van der Waals surface area contributed by atoms with Crippen molar-refractivity contribution >= 4 is 43.3 Å². The van der Waals surface area contributed by atoms with Gasteiger partial charge in [-0.2, -0.15) is 0 Å². The van der Waals surface area contributed by atoms with Gasteiger partial charge in [-0.05, 0) is 43.9 Å². The van der Waals surface area contributed by atoms with E-state index in [1.807, 2.05) is 23.6 Å². The van der Waals surface area contributed by atoms with Crippen molar-refractivity contribution in [3.8, 4) is 0 Å². The first-order chi connectivity index (χ1) is 14.5. The summed E-state index contributed by atoms with van der Waals surface area (Å²) in [6, 6.07) is 9.27. The molecule has 2 N–H and O–H groups in total. The molecule has 0 bridgehead atoms. The Balaban J connectivity index is 1.31. The number of hydrogen-bond donors (Lipinski definition) is 2. The molecule has 2 saturated carbocycles. The molecule has 156 valence electrons. The molecular formula is C21H22N4O3S2. The van der Waals surface area contributed by atoms with Crippen LogP contribution >= 0.6 is 11.3 Å². The smallest absolute Gasteiger partial charge is 0.252 e. The van der Waals surface area contributed by atoms with E-state index < -0.39 is 15.6 Å². The summed E-state index contributed by atoms with van der Waals surface area (Å²) in [5.74, 6) is -0.180. The van der Waals surface area contributed by atoms with E-state index >= 15 is 0 Å². The number of thiazole rings is 1. The molecule has 2 heterocycles. The lowest BCUT2D eigenvalue weighted by molar-refractivity contribution is 0.0930. The number of aromatic nitrogens is 2. The van der Waals surface area contributed by atoms with E-state index in [4.69, 9.17) is 0 Å². The first kappa shape index (κ1) is 19.4. The van der Waals surface area contributed by atoms with E-state index in [0.29, 0.717) is 29.2 Å². The lowest BCUT2D eigenvalue weighted by atomic mass is 10.1. The number of anilines is 1. The molecule has 0 atom stereocenters. The van der Waals surface area contributed by atoms with Gasteiger partial charge in [-0.25, -0.2) is 13.4 Å². The van der Waals surface area contributed by atoms with Crippen molar-refractivity contribution in [3.05, 3.63) is 53.2 Å². The number of carbonyl (C=O) groups excluding carboxylic acids is 1. The maximum absolute atomic E-state index is 12.9. The molecular weight excluding hydrogens is 420 g/mol. The van der Waals surface area contributed by atoms with Gasteiger partial charge in [-0.15, -0.1) is 11.3 Å². The highest BCUT2D eigenvalue weighted by Gasteiger charge is 2.48. The van der Waals surface area contributed by atoms with Gasteiger partial charge in [0.2, 0.25) is 10.0 Å². The largest absolute Gasteiger partial charge is 0.341 e. The number of rotatable bonds is 6. The monoisotopic (exact) mass is 442 g/mol. The Kier molecular flexibility index (Phi) is 4.74. The number of sulfonamides is 1. The van der Waals surface area contributed by atoms with Gasteiger partial charge in [0.1, 0.15) is 0 Å². The molecule has 1 aromatic carbocycles. The van der Waals surface area contributed by atoms with Gasteiger partial charge in [-0.1, -0.05) is 25.0 Å². The number of fused-ring (bicyclic) bond motifs is 1. The third kappa shape index (κ3) is 3.67. The Morgan fingerprint density at radius 1 is 1.17 bits per heavy atom. The molecule has 0 saturated heterocycles. The lowest BCUT2D eigenvalue weighted by Crippen LogP contribution is -2.35. The van der Waals surface area contributed by atoms with Crippen LogP contribution in [0.1, 0.15) is 54.6 Å². The van der Waals surface area contributed by atoms with Crippen LogP contribution in [0.25, 0.3) is 10.9 Å². The summed E-state index contributed by atoms with van der Waals surface area (Å²) in [4.78, 5) is 21.7. The van der Waals surface area contributed by atoms with Crippen LogP contribution in [0.5, 0.6) is 0 Å². The van der Waals surface area contributed by atoms with E-state index in [0.717, 1.165) is 36.6 Å². The number of amides is 1. The molecule has 30 heavy (non-hydrogen) atoms. The number of hydrogen-bond acceptors (Lipinski definition) is 6. The van der Waals surface area contributed by atoms with Gasteiger partial charge in [0.15, 0.2) is 5.13 Å². The Morgan fingerprint density at radius 3 is 2.73 bits per heavy atom. The number of nitrogens with zero attached hydrogens (tertiary/aromatic N) is 2. The van der Waals surface area contributed by atoms with Gasteiger partial charge < -0.3 is 5.32 Å².